The number of benzene rings is 1. The summed E-state index contributed by atoms with van der Waals surface area (Å²) in [5.41, 5.74) is 0. The number of carbonyl (C=O) groups is 2. The van der Waals surface area contributed by atoms with Crippen LogP contribution in [0.4, 0.5) is 0 Å². The summed E-state index contributed by atoms with van der Waals surface area (Å²) in [7, 11) is 2.96. The number of carbonyl (C=O) groups excluding carboxylic acids is 2. The molecule has 0 unspecified atom stereocenters. The number of methoxy groups -OCH3 is 2. The first-order valence-electron chi connectivity index (χ1n) is 4.10. The predicted molar refractivity (Wildman–Crippen MR) is 52.4 cm³/mol. The van der Waals surface area contributed by atoms with E-state index in [1.807, 2.05) is 0 Å². The van der Waals surface area contributed by atoms with Crippen molar-refractivity contribution in [3.63, 3.8) is 0 Å². The molecule has 0 saturated heterocycles. The Morgan fingerprint density at radius 3 is 2.38 bits per heavy atom. The summed E-state index contributed by atoms with van der Waals surface area (Å²) >= 11 is 0. The van der Waals surface area contributed by atoms with Crippen LogP contribution >= 0.6 is 0 Å². The molecule has 0 saturated carbocycles. The first kappa shape index (κ1) is 15.0. The van der Waals surface area contributed by atoms with Gasteiger partial charge in [-0.05, 0) is 12.1 Å². The Balaban J connectivity index is 0. The molecule has 0 heterocycles. The molecule has 0 aliphatic rings. The van der Waals surface area contributed by atoms with E-state index in [0.717, 1.165) is 0 Å². The molecule has 0 N–H and O–H groups in total. The van der Waals surface area contributed by atoms with Gasteiger partial charge >= 0.3 is 35.5 Å². The van der Waals surface area contributed by atoms with Crippen LogP contribution in [0.25, 0.3) is 0 Å². The molecule has 0 radical (unpaired) electrons. The van der Waals surface area contributed by atoms with E-state index in [-0.39, 0.29) is 43.0 Å². The molecule has 1 aromatic carbocycles. The molecule has 0 aliphatic carbocycles. The third kappa shape index (κ3) is 3.84. The Kier molecular flexibility index (Phi) is 6.80. The van der Waals surface area contributed by atoms with Gasteiger partial charge < -0.3 is 15.6 Å². The average Bonchev–Trinajstić information content (AvgIpc) is 2.28. The van der Waals surface area contributed by atoms with Crippen molar-refractivity contribution in [1.29, 1.82) is 0 Å². The van der Waals surface area contributed by atoms with E-state index in [2.05, 4.69) is 4.74 Å². The van der Waals surface area contributed by atoms with Crippen molar-refractivity contribution in [2.75, 3.05) is 14.2 Å². The average molecular weight is 234 g/mol. The zero-order valence-corrected chi connectivity index (χ0v) is 11.4. The van der Waals surface area contributed by atoms with Gasteiger partial charge in [0.15, 0.2) is 11.5 Å². The molecule has 0 aromatic heterocycles. The quantitative estimate of drug-likeness (QED) is 0.197. The van der Waals surface area contributed by atoms with Gasteiger partial charge in [-0.1, -0.05) is 0 Å². The largest absolute Gasteiger partial charge is 1.00 e. The Morgan fingerprint density at radius 2 is 1.88 bits per heavy atom. The number of esters is 1. The number of rotatable bonds is 4. The first-order valence-corrected chi connectivity index (χ1v) is 4.10. The number of hydrogen-bond donors (Lipinski definition) is 0. The van der Waals surface area contributed by atoms with Crippen LogP contribution in [-0.4, -0.2) is 26.5 Å². The second-order valence-corrected chi connectivity index (χ2v) is 2.56. The van der Waals surface area contributed by atoms with Gasteiger partial charge in [0.2, 0.25) is 6.29 Å². The molecule has 1 rings (SSSR count). The Labute approximate surface area is 116 Å². The third-order valence-electron chi connectivity index (χ3n) is 1.67. The van der Waals surface area contributed by atoms with E-state index in [4.69, 9.17) is 9.47 Å². The molecular formula is C10H11NaO5. The summed E-state index contributed by atoms with van der Waals surface area (Å²) in [6.45, 7) is 0. The Hall–Kier alpha value is -1.04. The fraction of sp³-hybridized carbons (Fsp3) is 0.200. The van der Waals surface area contributed by atoms with Gasteiger partial charge in [0, 0.05) is 6.07 Å². The monoisotopic (exact) mass is 234 g/mol. The van der Waals surface area contributed by atoms with E-state index in [0.29, 0.717) is 11.5 Å². The number of hydrogen-bond acceptors (Lipinski definition) is 5. The molecule has 0 aliphatic heterocycles. The van der Waals surface area contributed by atoms with Gasteiger partial charge in [0.1, 0.15) is 5.75 Å². The van der Waals surface area contributed by atoms with Crippen molar-refractivity contribution < 1.29 is 54.8 Å². The first-order chi connectivity index (χ1) is 7.21. The fourth-order valence-corrected chi connectivity index (χ4v) is 1.02. The molecule has 0 spiro atoms. The van der Waals surface area contributed by atoms with Gasteiger partial charge in [-0.25, -0.2) is 4.79 Å². The van der Waals surface area contributed by atoms with Crippen LogP contribution in [0.1, 0.15) is 1.43 Å². The molecule has 0 atom stereocenters. The molecule has 6 heteroatoms. The standard InChI is InChI=1S/C10H10O5.Na.H/c1-13-8-4-3-7(5-9(8)14-2)15-10(12)6-11;;/h3-6H,1-2H3;;/q;+1;-1. The van der Waals surface area contributed by atoms with Crippen LogP contribution in [0.2, 0.25) is 0 Å². The van der Waals surface area contributed by atoms with Gasteiger partial charge in [-0.3, -0.25) is 4.79 Å². The maximum atomic E-state index is 10.7. The normalized spacial score (nSPS) is 8.62. The SMILES string of the molecule is COc1ccc(OC(=O)C=O)cc1OC.[H-].[Na+]. The second-order valence-electron chi connectivity index (χ2n) is 2.56. The minimum Gasteiger partial charge on any atom is -1.00 e. The number of aldehydes is 1. The zero-order chi connectivity index (χ0) is 11.3. The van der Waals surface area contributed by atoms with Gasteiger partial charge in [-0.15, -0.1) is 0 Å². The number of ether oxygens (including phenoxy) is 3. The summed E-state index contributed by atoms with van der Waals surface area (Å²) in [6, 6.07) is 4.54. The minimum atomic E-state index is -0.956. The predicted octanol–water partition coefficient (Wildman–Crippen LogP) is -2.08. The van der Waals surface area contributed by atoms with E-state index in [1.54, 1.807) is 6.07 Å². The molecule has 1 aromatic rings. The molecule has 5 nitrogen and oxygen atoms in total. The van der Waals surface area contributed by atoms with Crippen LogP contribution < -0.4 is 43.8 Å². The fourth-order valence-electron chi connectivity index (χ4n) is 1.02. The maximum Gasteiger partial charge on any atom is 1.00 e. The van der Waals surface area contributed by atoms with Crippen molar-refractivity contribution >= 4 is 12.3 Å². The maximum absolute atomic E-state index is 10.7. The van der Waals surface area contributed by atoms with Crippen molar-refractivity contribution in [3.8, 4) is 17.2 Å². The van der Waals surface area contributed by atoms with Crippen molar-refractivity contribution in [3.05, 3.63) is 18.2 Å². The summed E-state index contributed by atoms with van der Waals surface area (Å²) in [6.07, 6.45) is 0.0940. The van der Waals surface area contributed by atoms with Crippen LogP contribution in [0.15, 0.2) is 18.2 Å². The minimum absolute atomic E-state index is 0. The van der Waals surface area contributed by atoms with E-state index in [9.17, 15) is 9.59 Å². The van der Waals surface area contributed by atoms with E-state index in [1.165, 1.54) is 26.4 Å². The van der Waals surface area contributed by atoms with Crippen LogP contribution in [0.3, 0.4) is 0 Å². The summed E-state index contributed by atoms with van der Waals surface area (Å²) in [4.78, 5) is 20.7. The smallest absolute Gasteiger partial charge is 1.00 e. The van der Waals surface area contributed by atoms with Gasteiger partial charge in [-0.2, -0.15) is 0 Å². The molecular weight excluding hydrogens is 223 g/mol. The van der Waals surface area contributed by atoms with Crippen molar-refractivity contribution in [1.82, 2.24) is 0 Å². The molecule has 0 fully saturated rings. The van der Waals surface area contributed by atoms with E-state index < -0.39 is 5.97 Å². The van der Waals surface area contributed by atoms with Gasteiger partial charge in [0.05, 0.1) is 14.2 Å². The second kappa shape index (κ2) is 7.27. The summed E-state index contributed by atoms with van der Waals surface area (Å²) in [5, 5.41) is 0. The topological polar surface area (TPSA) is 61.8 Å². The molecule has 16 heavy (non-hydrogen) atoms. The Morgan fingerprint density at radius 1 is 1.25 bits per heavy atom. The molecule has 82 valence electrons. The summed E-state index contributed by atoms with van der Waals surface area (Å²) in [5.74, 6) is 0.212. The van der Waals surface area contributed by atoms with Crippen molar-refractivity contribution in [2.24, 2.45) is 0 Å². The third-order valence-corrected chi connectivity index (χ3v) is 1.67. The molecule has 0 bridgehead atoms. The zero-order valence-electron chi connectivity index (χ0n) is 10.4. The van der Waals surface area contributed by atoms with Crippen LogP contribution in [0.5, 0.6) is 17.2 Å². The summed E-state index contributed by atoms with van der Waals surface area (Å²) < 4.78 is 14.6. The van der Waals surface area contributed by atoms with E-state index >= 15 is 0 Å². The van der Waals surface area contributed by atoms with Crippen LogP contribution in [0, 0.1) is 0 Å². The van der Waals surface area contributed by atoms with Crippen LogP contribution in [-0.2, 0) is 9.59 Å². The van der Waals surface area contributed by atoms with Gasteiger partial charge in [0.25, 0.3) is 0 Å². The van der Waals surface area contributed by atoms with Crippen molar-refractivity contribution in [2.45, 2.75) is 0 Å². The molecule has 0 amide bonds. The Bertz CT molecular complexity index is 383.